The van der Waals surface area contributed by atoms with Crippen molar-refractivity contribution in [3.8, 4) is 11.5 Å². The molecule has 2 heterocycles. The monoisotopic (exact) mass is 386 g/mol. The van der Waals surface area contributed by atoms with Crippen LogP contribution in [0.4, 0.5) is 0 Å². The first-order valence-corrected chi connectivity index (χ1v) is 9.71. The molecule has 2 aromatic carbocycles. The number of hydrogen-bond acceptors (Lipinski definition) is 4. The highest BCUT2D eigenvalue weighted by Crippen LogP contribution is 2.33. The van der Waals surface area contributed by atoms with Crippen LogP contribution in [0.3, 0.4) is 0 Å². The SMILES string of the molecule is O=C(CN1CCCC1c1cccc(Cl)c1)NCC1COc2ccccc2O1. The molecule has 0 aliphatic carbocycles. The van der Waals surface area contributed by atoms with E-state index in [9.17, 15) is 4.79 Å². The summed E-state index contributed by atoms with van der Waals surface area (Å²) in [6.07, 6.45) is 1.95. The van der Waals surface area contributed by atoms with Gasteiger partial charge in [-0.15, -0.1) is 0 Å². The van der Waals surface area contributed by atoms with Crippen LogP contribution in [-0.2, 0) is 4.79 Å². The molecule has 6 heteroatoms. The summed E-state index contributed by atoms with van der Waals surface area (Å²) >= 11 is 6.12. The molecule has 1 fully saturated rings. The van der Waals surface area contributed by atoms with Crippen molar-refractivity contribution >= 4 is 17.5 Å². The summed E-state index contributed by atoms with van der Waals surface area (Å²) in [4.78, 5) is 14.7. The lowest BCUT2D eigenvalue weighted by molar-refractivity contribution is -0.123. The fourth-order valence-corrected chi connectivity index (χ4v) is 3.94. The Kier molecular flexibility index (Phi) is 5.50. The molecule has 1 saturated heterocycles. The van der Waals surface area contributed by atoms with Gasteiger partial charge in [0.2, 0.25) is 5.91 Å². The van der Waals surface area contributed by atoms with Crippen molar-refractivity contribution in [2.45, 2.75) is 25.0 Å². The van der Waals surface area contributed by atoms with E-state index in [1.54, 1.807) is 0 Å². The molecule has 5 nitrogen and oxygen atoms in total. The Bertz CT molecular complexity index is 814. The molecule has 0 saturated carbocycles. The molecule has 0 radical (unpaired) electrons. The third-order valence-electron chi connectivity index (χ3n) is 5.04. The first kappa shape index (κ1) is 18.1. The topological polar surface area (TPSA) is 50.8 Å². The van der Waals surface area contributed by atoms with Crippen LogP contribution in [0.25, 0.3) is 0 Å². The van der Waals surface area contributed by atoms with E-state index in [1.165, 1.54) is 5.56 Å². The van der Waals surface area contributed by atoms with Gasteiger partial charge in [-0.25, -0.2) is 0 Å². The zero-order valence-corrected chi connectivity index (χ0v) is 15.8. The van der Waals surface area contributed by atoms with Crippen molar-refractivity contribution in [2.24, 2.45) is 0 Å². The summed E-state index contributed by atoms with van der Waals surface area (Å²) in [5, 5.41) is 3.72. The molecule has 142 valence electrons. The van der Waals surface area contributed by atoms with Crippen molar-refractivity contribution in [1.82, 2.24) is 10.2 Å². The lowest BCUT2D eigenvalue weighted by Crippen LogP contribution is -2.44. The van der Waals surface area contributed by atoms with E-state index in [0.29, 0.717) is 19.7 Å². The van der Waals surface area contributed by atoms with Gasteiger partial charge in [0.15, 0.2) is 11.5 Å². The van der Waals surface area contributed by atoms with Gasteiger partial charge in [-0.2, -0.15) is 0 Å². The standard InChI is InChI=1S/C21H23ClN2O3/c22-16-6-3-5-15(11-16)18-7-4-10-24(18)13-21(25)23-12-17-14-26-19-8-1-2-9-20(19)27-17/h1-3,5-6,8-9,11,17-18H,4,7,10,12-14H2,(H,23,25). The number of benzene rings is 2. The van der Waals surface area contributed by atoms with Crippen LogP contribution < -0.4 is 14.8 Å². The number of carbonyl (C=O) groups excluding carboxylic acids is 1. The maximum Gasteiger partial charge on any atom is 0.234 e. The Labute approximate surface area is 164 Å². The normalized spacial score (nSPS) is 21.8. The minimum Gasteiger partial charge on any atom is -0.486 e. The second kappa shape index (κ2) is 8.19. The number of nitrogens with one attached hydrogen (secondary N) is 1. The molecule has 2 atom stereocenters. The first-order chi connectivity index (χ1) is 13.2. The number of ether oxygens (including phenoxy) is 2. The number of carbonyl (C=O) groups is 1. The lowest BCUT2D eigenvalue weighted by Gasteiger charge is -2.27. The summed E-state index contributed by atoms with van der Waals surface area (Å²) in [6, 6.07) is 15.7. The van der Waals surface area contributed by atoms with Crippen molar-refractivity contribution in [3.63, 3.8) is 0 Å². The molecule has 1 amide bonds. The largest absolute Gasteiger partial charge is 0.486 e. The highest BCUT2D eigenvalue weighted by atomic mass is 35.5. The molecule has 0 bridgehead atoms. The number of fused-ring (bicyclic) bond motifs is 1. The molecule has 2 aliphatic rings. The predicted molar refractivity (Wildman–Crippen MR) is 104 cm³/mol. The van der Waals surface area contributed by atoms with Crippen LogP contribution in [0.2, 0.25) is 5.02 Å². The summed E-state index contributed by atoms with van der Waals surface area (Å²) in [5.74, 6) is 1.48. The molecule has 2 unspecified atom stereocenters. The van der Waals surface area contributed by atoms with E-state index in [1.807, 2.05) is 42.5 Å². The number of amides is 1. The second-order valence-corrected chi connectivity index (χ2v) is 7.42. The molecule has 27 heavy (non-hydrogen) atoms. The molecule has 0 spiro atoms. The number of likely N-dealkylation sites (tertiary alicyclic amines) is 1. The van der Waals surface area contributed by atoms with Gasteiger partial charge in [0.05, 0.1) is 13.1 Å². The summed E-state index contributed by atoms with van der Waals surface area (Å²) in [6.45, 7) is 2.16. The van der Waals surface area contributed by atoms with Crippen LogP contribution >= 0.6 is 11.6 Å². The van der Waals surface area contributed by atoms with Crippen LogP contribution in [0.1, 0.15) is 24.4 Å². The van der Waals surface area contributed by atoms with Crippen molar-refractivity contribution in [3.05, 3.63) is 59.1 Å². The van der Waals surface area contributed by atoms with Gasteiger partial charge in [-0.3, -0.25) is 9.69 Å². The maximum atomic E-state index is 12.5. The highest BCUT2D eigenvalue weighted by Gasteiger charge is 2.28. The second-order valence-electron chi connectivity index (χ2n) is 6.99. The molecular formula is C21H23ClN2O3. The third kappa shape index (κ3) is 4.37. The summed E-state index contributed by atoms with van der Waals surface area (Å²) in [7, 11) is 0. The fraction of sp³-hybridized carbons (Fsp3) is 0.381. The molecule has 2 aliphatic heterocycles. The Morgan fingerprint density at radius 2 is 2.04 bits per heavy atom. The van der Waals surface area contributed by atoms with Gasteiger partial charge in [-0.1, -0.05) is 35.9 Å². The smallest absolute Gasteiger partial charge is 0.234 e. The quantitative estimate of drug-likeness (QED) is 0.855. The van der Waals surface area contributed by atoms with Crippen LogP contribution in [0, 0.1) is 0 Å². The van der Waals surface area contributed by atoms with Gasteiger partial charge < -0.3 is 14.8 Å². The van der Waals surface area contributed by atoms with E-state index in [4.69, 9.17) is 21.1 Å². The van der Waals surface area contributed by atoms with Crippen molar-refractivity contribution < 1.29 is 14.3 Å². The Morgan fingerprint density at radius 1 is 1.19 bits per heavy atom. The van der Waals surface area contributed by atoms with Crippen molar-refractivity contribution in [2.75, 3.05) is 26.2 Å². The van der Waals surface area contributed by atoms with E-state index < -0.39 is 0 Å². The average Bonchev–Trinajstić information content (AvgIpc) is 3.14. The van der Waals surface area contributed by atoms with Gasteiger partial charge in [0, 0.05) is 11.1 Å². The number of para-hydroxylation sites is 2. The highest BCUT2D eigenvalue weighted by molar-refractivity contribution is 6.30. The average molecular weight is 387 g/mol. The van der Waals surface area contributed by atoms with Gasteiger partial charge in [0.1, 0.15) is 12.7 Å². The van der Waals surface area contributed by atoms with Gasteiger partial charge in [-0.05, 0) is 49.2 Å². The first-order valence-electron chi connectivity index (χ1n) is 9.34. The Morgan fingerprint density at radius 3 is 2.89 bits per heavy atom. The lowest BCUT2D eigenvalue weighted by atomic mass is 10.0. The zero-order valence-electron chi connectivity index (χ0n) is 15.1. The number of halogens is 1. The maximum absolute atomic E-state index is 12.5. The number of nitrogens with zero attached hydrogens (tertiary/aromatic N) is 1. The van der Waals surface area contributed by atoms with Crippen LogP contribution in [0.5, 0.6) is 11.5 Å². The molecule has 2 aromatic rings. The molecular weight excluding hydrogens is 364 g/mol. The minimum atomic E-state index is -0.175. The third-order valence-corrected chi connectivity index (χ3v) is 5.27. The molecule has 4 rings (SSSR count). The predicted octanol–water partition coefficient (Wildman–Crippen LogP) is 3.43. The molecule has 0 aromatic heterocycles. The molecule has 1 N–H and O–H groups in total. The van der Waals surface area contributed by atoms with Gasteiger partial charge in [0.25, 0.3) is 0 Å². The summed E-state index contributed by atoms with van der Waals surface area (Å²) in [5.41, 5.74) is 1.17. The van der Waals surface area contributed by atoms with E-state index in [2.05, 4.69) is 16.3 Å². The minimum absolute atomic E-state index is 0.00591. The van der Waals surface area contributed by atoms with Crippen molar-refractivity contribution in [1.29, 1.82) is 0 Å². The van der Waals surface area contributed by atoms with Crippen LogP contribution in [0.15, 0.2) is 48.5 Å². The van der Waals surface area contributed by atoms with E-state index in [0.717, 1.165) is 35.9 Å². The summed E-state index contributed by atoms with van der Waals surface area (Å²) < 4.78 is 11.6. The van der Waals surface area contributed by atoms with E-state index >= 15 is 0 Å². The van der Waals surface area contributed by atoms with Gasteiger partial charge >= 0.3 is 0 Å². The zero-order chi connectivity index (χ0) is 18.6. The Balaban J connectivity index is 1.29. The number of hydrogen-bond donors (Lipinski definition) is 1. The van der Waals surface area contributed by atoms with E-state index in [-0.39, 0.29) is 18.1 Å². The van der Waals surface area contributed by atoms with Crippen LogP contribution in [-0.4, -0.2) is 43.2 Å². The number of rotatable bonds is 5. The fourth-order valence-electron chi connectivity index (χ4n) is 3.74. The Hall–Kier alpha value is -2.24.